The van der Waals surface area contributed by atoms with Crippen LogP contribution < -0.4 is 4.90 Å². The first-order valence-electron chi connectivity index (χ1n) is 11.1. The van der Waals surface area contributed by atoms with E-state index in [-0.39, 0.29) is 23.2 Å². The molecule has 1 aromatic rings. The van der Waals surface area contributed by atoms with Crippen LogP contribution in [0.5, 0.6) is 0 Å². The van der Waals surface area contributed by atoms with Gasteiger partial charge in [0.15, 0.2) is 5.13 Å². The van der Waals surface area contributed by atoms with Crippen molar-refractivity contribution in [3.63, 3.8) is 0 Å². The molecular weight excluding hydrogens is 396 g/mol. The zero-order valence-electron chi connectivity index (χ0n) is 19.6. The predicted octanol–water partition coefficient (Wildman–Crippen LogP) is 6.25. The van der Waals surface area contributed by atoms with Gasteiger partial charge in [-0.3, -0.25) is 0 Å². The predicted molar refractivity (Wildman–Crippen MR) is 126 cm³/mol. The number of carboxylic acid groups (broad SMARTS) is 1. The normalized spacial score (nSPS) is 19.6. The third-order valence-corrected chi connectivity index (χ3v) is 7.35. The van der Waals surface area contributed by atoms with E-state index in [0.29, 0.717) is 5.92 Å². The number of aliphatic hydroxyl groups is 1. The summed E-state index contributed by atoms with van der Waals surface area (Å²) in [6.45, 7) is 16.2. The quantitative estimate of drug-likeness (QED) is 0.455. The molecule has 1 aromatic heterocycles. The van der Waals surface area contributed by atoms with Crippen molar-refractivity contribution in [2.45, 2.75) is 91.5 Å². The molecule has 0 amide bonds. The number of nitrogens with zero attached hydrogens (tertiary/aromatic N) is 2. The van der Waals surface area contributed by atoms with Gasteiger partial charge in [0.2, 0.25) is 0 Å². The minimum atomic E-state index is -1.09. The van der Waals surface area contributed by atoms with Gasteiger partial charge in [-0.1, -0.05) is 60.5 Å². The van der Waals surface area contributed by atoms with Crippen LogP contribution in [0.2, 0.25) is 0 Å². The number of carbonyl (C=O) groups is 1. The summed E-state index contributed by atoms with van der Waals surface area (Å²) in [5.41, 5.74) is 0.676. The lowest BCUT2D eigenvalue weighted by atomic mass is 9.84. The number of aliphatic carboxylic acids is 1. The number of hydrogen-bond acceptors (Lipinski definition) is 5. The molecule has 2 N–H and O–H groups in total. The average molecular weight is 435 g/mol. The van der Waals surface area contributed by atoms with Crippen molar-refractivity contribution in [2.24, 2.45) is 5.92 Å². The molecule has 0 radical (unpaired) electrons. The maximum atomic E-state index is 11.4. The molecule has 1 aliphatic rings. The van der Waals surface area contributed by atoms with E-state index in [1.54, 1.807) is 11.3 Å². The van der Waals surface area contributed by atoms with E-state index in [9.17, 15) is 15.0 Å². The Bertz CT molecular complexity index is 822. The van der Waals surface area contributed by atoms with E-state index in [1.165, 1.54) is 23.8 Å². The summed E-state index contributed by atoms with van der Waals surface area (Å²) in [4.78, 5) is 20.0. The second-order valence-corrected chi connectivity index (χ2v) is 10.6. The molecule has 1 heterocycles. The SMILES string of the molecule is CCCCC(C)(C)c1sc(N(CC(C)C)C2(C)C=CC(C(=O)O)=C(O)C2)nc1CC. The van der Waals surface area contributed by atoms with Gasteiger partial charge in [-0.25, -0.2) is 9.78 Å². The van der Waals surface area contributed by atoms with Crippen LogP contribution in [0.1, 0.15) is 84.7 Å². The van der Waals surface area contributed by atoms with Crippen LogP contribution in [-0.4, -0.2) is 33.3 Å². The van der Waals surface area contributed by atoms with Crippen molar-refractivity contribution in [1.29, 1.82) is 0 Å². The van der Waals surface area contributed by atoms with Crippen molar-refractivity contribution in [3.8, 4) is 0 Å². The standard InChI is InChI=1S/C24H38N2O3S/c1-8-10-12-23(5,6)20-18(9-2)25-22(30-20)26(15-16(3)4)24(7)13-11-17(21(28)29)19(27)14-24/h11,13,16,27H,8-10,12,14-15H2,1-7H3,(H,28,29). The number of carboxylic acids is 1. The Kier molecular flexibility index (Phi) is 7.78. The molecule has 1 atom stereocenters. The number of thiazole rings is 1. The van der Waals surface area contributed by atoms with Crippen LogP contribution >= 0.6 is 11.3 Å². The van der Waals surface area contributed by atoms with E-state index in [2.05, 4.69) is 53.4 Å². The number of aromatic nitrogens is 1. The van der Waals surface area contributed by atoms with Crippen molar-refractivity contribution >= 4 is 22.4 Å². The molecular formula is C24H38N2O3S. The van der Waals surface area contributed by atoms with Crippen molar-refractivity contribution < 1.29 is 15.0 Å². The minimum absolute atomic E-state index is 0.0215. The molecule has 168 valence electrons. The molecule has 30 heavy (non-hydrogen) atoms. The molecule has 0 aromatic carbocycles. The Morgan fingerprint density at radius 3 is 2.53 bits per heavy atom. The summed E-state index contributed by atoms with van der Waals surface area (Å²) in [7, 11) is 0. The van der Waals surface area contributed by atoms with E-state index >= 15 is 0 Å². The molecule has 0 bridgehead atoms. The third kappa shape index (κ3) is 5.26. The molecule has 1 aliphatic carbocycles. The Balaban J connectivity index is 2.49. The fraction of sp³-hybridized carbons (Fsp3) is 0.667. The summed E-state index contributed by atoms with van der Waals surface area (Å²) in [5, 5.41) is 20.7. The minimum Gasteiger partial charge on any atom is -0.511 e. The summed E-state index contributed by atoms with van der Waals surface area (Å²) in [5.74, 6) is -0.770. The monoisotopic (exact) mass is 434 g/mol. The fourth-order valence-corrected chi connectivity index (χ4v) is 5.48. The van der Waals surface area contributed by atoms with E-state index in [4.69, 9.17) is 4.98 Å². The van der Waals surface area contributed by atoms with Crippen molar-refractivity contribution in [1.82, 2.24) is 4.98 Å². The van der Waals surface area contributed by atoms with Crippen LogP contribution in [0, 0.1) is 5.92 Å². The van der Waals surface area contributed by atoms with Crippen molar-refractivity contribution in [2.75, 3.05) is 11.4 Å². The molecule has 0 spiro atoms. The molecule has 0 aliphatic heterocycles. The molecule has 0 fully saturated rings. The molecule has 2 rings (SSSR count). The van der Waals surface area contributed by atoms with Gasteiger partial charge in [-0.15, -0.1) is 11.3 Å². The number of rotatable bonds is 10. The Hall–Kier alpha value is -1.82. The highest BCUT2D eigenvalue weighted by atomic mass is 32.1. The second-order valence-electron chi connectivity index (χ2n) is 9.65. The van der Waals surface area contributed by atoms with Gasteiger partial charge in [0.05, 0.1) is 16.8 Å². The highest BCUT2D eigenvalue weighted by molar-refractivity contribution is 7.16. The number of unbranched alkanes of at least 4 members (excludes halogenated alkanes) is 1. The number of aliphatic hydroxyl groups excluding tert-OH is 1. The molecule has 0 saturated heterocycles. The zero-order chi connectivity index (χ0) is 22.7. The lowest BCUT2D eigenvalue weighted by Crippen LogP contribution is -2.48. The molecule has 5 nitrogen and oxygen atoms in total. The fourth-order valence-electron chi connectivity index (χ4n) is 4.06. The number of hydrogen-bond donors (Lipinski definition) is 2. The summed E-state index contributed by atoms with van der Waals surface area (Å²) < 4.78 is 0. The summed E-state index contributed by atoms with van der Waals surface area (Å²) in [6.07, 6.45) is 8.09. The van der Waals surface area contributed by atoms with Gasteiger partial charge >= 0.3 is 5.97 Å². The van der Waals surface area contributed by atoms with Crippen LogP contribution in [0.3, 0.4) is 0 Å². The van der Waals surface area contributed by atoms with E-state index in [1.807, 2.05) is 6.08 Å². The summed E-state index contributed by atoms with van der Waals surface area (Å²) >= 11 is 1.76. The van der Waals surface area contributed by atoms with Gasteiger partial charge in [0.25, 0.3) is 0 Å². The largest absolute Gasteiger partial charge is 0.511 e. The lowest BCUT2D eigenvalue weighted by Gasteiger charge is -2.41. The highest BCUT2D eigenvalue weighted by Gasteiger charge is 2.38. The van der Waals surface area contributed by atoms with Gasteiger partial charge in [0, 0.05) is 23.3 Å². The van der Waals surface area contributed by atoms with E-state index in [0.717, 1.165) is 30.2 Å². The van der Waals surface area contributed by atoms with Crippen LogP contribution in [-0.2, 0) is 16.6 Å². The van der Waals surface area contributed by atoms with Crippen LogP contribution in [0.15, 0.2) is 23.5 Å². The Morgan fingerprint density at radius 1 is 1.37 bits per heavy atom. The zero-order valence-corrected chi connectivity index (χ0v) is 20.4. The van der Waals surface area contributed by atoms with Gasteiger partial charge in [-0.05, 0) is 31.8 Å². The van der Waals surface area contributed by atoms with Gasteiger partial charge in [-0.2, -0.15) is 0 Å². The van der Waals surface area contributed by atoms with E-state index < -0.39 is 11.5 Å². The van der Waals surface area contributed by atoms with Crippen LogP contribution in [0.25, 0.3) is 0 Å². The topological polar surface area (TPSA) is 73.7 Å². The molecule has 1 unspecified atom stereocenters. The van der Waals surface area contributed by atoms with Gasteiger partial charge in [0.1, 0.15) is 5.76 Å². The van der Waals surface area contributed by atoms with Gasteiger partial charge < -0.3 is 15.1 Å². The molecule has 6 heteroatoms. The first kappa shape index (κ1) is 24.4. The highest BCUT2D eigenvalue weighted by Crippen LogP contribution is 2.43. The van der Waals surface area contributed by atoms with Crippen LogP contribution in [0.4, 0.5) is 5.13 Å². The third-order valence-electron chi connectivity index (χ3n) is 5.86. The molecule has 0 saturated carbocycles. The smallest absolute Gasteiger partial charge is 0.339 e. The lowest BCUT2D eigenvalue weighted by molar-refractivity contribution is -0.132. The maximum absolute atomic E-state index is 11.4. The first-order valence-corrected chi connectivity index (χ1v) is 11.9. The maximum Gasteiger partial charge on any atom is 0.339 e. The Morgan fingerprint density at radius 2 is 2.03 bits per heavy atom. The Labute approximate surface area is 185 Å². The number of anilines is 1. The summed E-state index contributed by atoms with van der Waals surface area (Å²) in [6, 6.07) is 0. The average Bonchev–Trinajstić information content (AvgIpc) is 3.09. The number of aryl methyl sites for hydroxylation is 1. The second kappa shape index (κ2) is 9.54. The first-order chi connectivity index (χ1) is 13.9. The van der Waals surface area contributed by atoms with Crippen molar-refractivity contribution in [3.05, 3.63) is 34.1 Å².